The van der Waals surface area contributed by atoms with E-state index in [2.05, 4.69) is 24.2 Å². The third-order valence-corrected chi connectivity index (χ3v) is 4.49. The van der Waals surface area contributed by atoms with Crippen molar-refractivity contribution in [3.05, 3.63) is 96.0 Å². The Labute approximate surface area is 163 Å². The van der Waals surface area contributed by atoms with Crippen molar-refractivity contribution in [1.29, 1.82) is 0 Å². The highest BCUT2D eigenvalue weighted by molar-refractivity contribution is 6.06. The van der Waals surface area contributed by atoms with Gasteiger partial charge in [-0.25, -0.2) is 4.68 Å². The molecular weight excluding hydrogens is 348 g/mol. The van der Waals surface area contributed by atoms with Crippen molar-refractivity contribution < 1.29 is 4.79 Å². The number of benzene rings is 2. The fourth-order valence-electron chi connectivity index (χ4n) is 2.97. The van der Waals surface area contributed by atoms with E-state index in [1.54, 1.807) is 30.2 Å². The van der Waals surface area contributed by atoms with Gasteiger partial charge in [0.1, 0.15) is 0 Å². The summed E-state index contributed by atoms with van der Waals surface area (Å²) in [7, 11) is 1.79. The molecule has 0 saturated heterocycles. The second-order valence-corrected chi connectivity index (χ2v) is 6.68. The van der Waals surface area contributed by atoms with Gasteiger partial charge in [0, 0.05) is 30.6 Å². The third-order valence-electron chi connectivity index (χ3n) is 4.49. The summed E-state index contributed by atoms with van der Waals surface area (Å²) in [5.74, 6) is -0.0876. The average Bonchev–Trinajstić information content (AvgIpc) is 3.34. The molecule has 5 nitrogen and oxygen atoms in total. The number of hydrogen-bond donors (Lipinski definition) is 0. The van der Waals surface area contributed by atoms with E-state index in [4.69, 9.17) is 5.10 Å². The topological polar surface area (TPSA) is 52.7 Å². The number of carbonyl (C=O) groups is 1. The largest absolute Gasteiger partial charge is 0.289 e. The van der Waals surface area contributed by atoms with E-state index in [1.165, 1.54) is 5.56 Å². The van der Waals surface area contributed by atoms with E-state index in [-0.39, 0.29) is 5.78 Å². The summed E-state index contributed by atoms with van der Waals surface area (Å²) in [4.78, 5) is 12.4. The van der Waals surface area contributed by atoms with Gasteiger partial charge in [0.2, 0.25) is 0 Å². The van der Waals surface area contributed by atoms with Crippen LogP contribution in [-0.4, -0.2) is 25.3 Å². The van der Waals surface area contributed by atoms with E-state index >= 15 is 0 Å². The molecule has 138 valence electrons. The monoisotopic (exact) mass is 368 g/mol. The Kier molecular flexibility index (Phi) is 4.72. The second-order valence-electron chi connectivity index (χ2n) is 6.68. The fourth-order valence-corrected chi connectivity index (χ4v) is 2.97. The molecule has 0 amide bonds. The predicted octanol–water partition coefficient (Wildman–Crippen LogP) is 4.48. The minimum absolute atomic E-state index is 0.0876. The van der Waals surface area contributed by atoms with Gasteiger partial charge < -0.3 is 0 Å². The van der Waals surface area contributed by atoms with E-state index in [1.807, 2.05) is 59.4 Å². The van der Waals surface area contributed by atoms with Gasteiger partial charge in [0.05, 0.1) is 23.1 Å². The van der Waals surface area contributed by atoms with Gasteiger partial charge in [-0.15, -0.1) is 0 Å². The Hall–Kier alpha value is -3.73. The number of para-hydroxylation sites is 1. The lowest BCUT2D eigenvalue weighted by atomic mass is 10.1. The minimum Gasteiger partial charge on any atom is -0.289 e. The Bertz CT molecular complexity index is 1140. The maximum Gasteiger partial charge on any atom is 0.189 e. The van der Waals surface area contributed by atoms with E-state index < -0.39 is 0 Å². The Morgan fingerprint density at radius 2 is 1.75 bits per heavy atom. The number of rotatable bonds is 5. The summed E-state index contributed by atoms with van der Waals surface area (Å²) in [5, 5.41) is 8.83. The van der Waals surface area contributed by atoms with Crippen LogP contribution in [0.1, 0.15) is 21.5 Å². The highest BCUT2D eigenvalue weighted by atomic mass is 16.1. The van der Waals surface area contributed by atoms with Crippen LogP contribution in [0, 0.1) is 6.92 Å². The third kappa shape index (κ3) is 3.69. The zero-order valence-corrected chi connectivity index (χ0v) is 15.8. The quantitative estimate of drug-likeness (QED) is 0.386. The molecule has 0 atom stereocenters. The lowest BCUT2D eigenvalue weighted by molar-refractivity contribution is 0.104. The average molecular weight is 368 g/mol. The van der Waals surface area contributed by atoms with Gasteiger partial charge in [-0.2, -0.15) is 10.2 Å². The van der Waals surface area contributed by atoms with Crippen LogP contribution in [0.25, 0.3) is 23.0 Å². The molecule has 2 heterocycles. The number of ketones is 1. The molecule has 0 spiro atoms. The maximum atomic E-state index is 12.4. The molecule has 4 rings (SSSR count). The van der Waals surface area contributed by atoms with Crippen LogP contribution in [0.3, 0.4) is 0 Å². The number of hydrogen-bond acceptors (Lipinski definition) is 3. The molecule has 0 N–H and O–H groups in total. The number of nitrogens with zero attached hydrogens (tertiary/aromatic N) is 4. The summed E-state index contributed by atoms with van der Waals surface area (Å²) in [5.41, 5.74) is 5.44. The van der Waals surface area contributed by atoms with Crippen LogP contribution in [0.5, 0.6) is 0 Å². The van der Waals surface area contributed by atoms with Crippen molar-refractivity contribution in [3.8, 4) is 16.9 Å². The predicted molar refractivity (Wildman–Crippen MR) is 110 cm³/mol. The SMILES string of the molecule is Cc1ccc(-c2nn(-c3ccccc3)cc2/C=C/C(=O)c2cnn(C)c2)cc1. The van der Waals surface area contributed by atoms with Gasteiger partial charge in [-0.1, -0.05) is 48.0 Å². The van der Waals surface area contributed by atoms with Crippen LogP contribution in [-0.2, 0) is 7.05 Å². The Morgan fingerprint density at radius 3 is 2.43 bits per heavy atom. The summed E-state index contributed by atoms with van der Waals surface area (Å²) < 4.78 is 3.45. The van der Waals surface area contributed by atoms with Gasteiger partial charge >= 0.3 is 0 Å². The Balaban J connectivity index is 1.74. The van der Waals surface area contributed by atoms with Crippen molar-refractivity contribution in [1.82, 2.24) is 19.6 Å². The molecule has 0 fully saturated rings. The van der Waals surface area contributed by atoms with Crippen LogP contribution in [0.15, 0.2) is 79.3 Å². The molecule has 0 bridgehead atoms. The molecule has 2 aromatic heterocycles. The standard InChI is InChI=1S/C23H20N4O/c1-17-8-10-18(11-9-17)23-19(12-13-22(28)20-14-24-26(2)15-20)16-27(25-23)21-6-4-3-5-7-21/h3-16H,1-2H3/b13-12+. The van der Waals surface area contributed by atoms with Crippen LogP contribution < -0.4 is 0 Å². The Morgan fingerprint density at radius 1 is 1.00 bits per heavy atom. The second kappa shape index (κ2) is 7.48. The van der Waals surface area contributed by atoms with E-state index in [0.29, 0.717) is 5.56 Å². The smallest absolute Gasteiger partial charge is 0.189 e. The van der Waals surface area contributed by atoms with Crippen molar-refractivity contribution in [3.63, 3.8) is 0 Å². The normalized spacial score (nSPS) is 11.2. The van der Waals surface area contributed by atoms with Crippen molar-refractivity contribution >= 4 is 11.9 Å². The molecule has 0 saturated carbocycles. The molecule has 4 aromatic rings. The van der Waals surface area contributed by atoms with Crippen LogP contribution >= 0.6 is 0 Å². The number of carbonyl (C=O) groups excluding carboxylic acids is 1. The van der Waals surface area contributed by atoms with Gasteiger partial charge in [0.15, 0.2) is 5.78 Å². The molecule has 5 heteroatoms. The van der Waals surface area contributed by atoms with E-state index in [9.17, 15) is 4.79 Å². The van der Waals surface area contributed by atoms with Gasteiger partial charge in [-0.05, 0) is 31.2 Å². The highest BCUT2D eigenvalue weighted by Crippen LogP contribution is 2.25. The fraction of sp³-hybridized carbons (Fsp3) is 0.0870. The first-order valence-corrected chi connectivity index (χ1v) is 9.03. The van der Waals surface area contributed by atoms with Crippen molar-refractivity contribution in [2.45, 2.75) is 6.92 Å². The molecule has 0 aliphatic carbocycles. The summed E-state index contributed by atoms with van der Waals surface area (Å²) in [6.45, 7) is 2.06. The molecule has 28 heavy (non-hydrogen) atoms. The lowest BCUT2D eigenvalue weighted by Gasteiger charge is -2.01. The summed E-state index contributed by atoms with van der Waals surface area (Å²) in [6.07, 6.45) is 8.61. The molecular formula is C23H20N4O. The number of aromatic nitrogens is 4. The lowest BCUT2D eigenvalue weighted by Crippen LogP contribution is -1.93. The summed E-state index contributed by atoms with van der Waals surface area (Å²) in [6, 6.07) is 18.1. The number of allylic oxidation sites excluding steroid dienone is 1. The first kappa shape index (κ1) is 17.7. The highest BCUT2D eigenvalue weighted by Gasteiger charge is 2.11. The van der Waals surface area contributed by atoms with Gasteiger partial charge in [0.25, 0.3) is 0 Å². The molecule has 2 aromatic carbocycles. The van der Waals surface area contributed by atoms with Crippen LogP contribution in [0.4, 0.5) is 0 Å². The molecule has 0 aliphatic heterocycles. The van der Waals surface area contributed by atoms with Crippen LogP contribution in [0.2, 0.25) is 0 Å². The van der Waals surface area contributed by atoms with E-state index in [0.717, 1.165) is 22.5 Å². The van der Waals surface area contributed by atoms with Crippen molar-refractivity contribution in [2.24, 2.45) is 7.05 Å². The minimum atomic E-state index is -0.0876. The van der Waals surface area contributed by atoms with Gasteiger partial charge in [-0.3, -0.25) is 9.48 Å². The zero-order chi connectivity index (χ0) is 19.5. The van der Waals surface area contributed by atoms with Crippen molar-refractivity contribution in [2.75, 3.05) is 0 Å². The maximum absolute atomic E-state index is 12.4. The number of aryl methyl sites for hydroxylation is 2. The molecule has 0 radical (unpaired) electrons. The first-order chi connectivity index (χ1) is 13.6. The first-order valence-electron chi connectivity index (χ1n) is 9.03. The summed E-state index contributed by atoms with van der Waals surface area (Å²) >= 11 is 0. The molecule has 0 unspecified atom stereocenters. The zero-order valence-electron chi connectivity index (χ0n) is 15.8. The molecule has 0 aliphatic rings.